The number of carbonyl (C=O) groups is 1. The Morgan fingerprint density at radius 3 is 2.49 bits per heavy atom. The van der Waals surface area contributed by atoms with Gasteiger partial charge in [-0.05, 0) is 92.5 Å². The highest BCUT2D eigenvalue weighted by Crippen LogP contribution is 2.38. The summed E-state index contributed by atoms with van der Waals surface area (Å²) in [7, 11) is 1.55. The van der Waals surface area contributed by atoms with Crippen LogP contribution in [0.5, 0.6) is 11.5 Å². The molecule has 3 aromatic rings. The first kappa shape index (κ1) is 26.0. The van der Waals surface area contributed by atoms with Gasteiger partial charge in [-0.15, -0.1) is 11.3 Å². The van der Waals surface area contributed by atoms with E-state index in [2.05, 4.69) is 44.3 Å². The fourth-order valence-electron chi connectivity index (χ4n) is 4.74. The highest BCUT2D eigenvalue weighted by Gasteiger charge is 2.23. The summed E-state index contributed by atoms with van der Waals surface area (Å²) in [6.07, 6.45) is 5.41. The average molecular weight is 512 g/mol. The van der Waals surface area contributed by atoms with E-state index in [0.717, 1.165) is 41.7 Å². The van der Waals surface area contributed by atoms with E-state index in [9.17, 15) is 15.3 Å². The third-order valence-corrected chi connectivity index (χ3v) is 7.79. The molecule has 1 aliphatic carbocycles. The first-order valence-corrected chi connectivity index (χ1v) is 13.0. The average Bonchev–Trinajstić information content (AvgIpc) is 3.23. The van der Waals surface area contributed by atoms with Crippen LogP contribution in [0.1, 0.15) is 56.7 Å². The maximum atomic E-state index is 12.9. The molecule has 0 atom stereocenters. The predicted octanol–water partition coefficient (Wildman–Crippen LogP) is 6.56. The van der Waals surface area contributed by atoms with Crippen molar-refractivity contribution in [2.45, 2.75) is 53.1 Å². The SMILES string of the molecule is COc1cc(C=C(C#N)C(=O)Nc2sc3c(c2C#N)CCCC3)ccc1OCc1c(C)cc(C)cc1C. The van der Waals surface area contributed by atoms with Crippen LogP contribution in [-0.4, -0.2) is 13.0 Å². The number of hydrogen-bond donors (Lipinski definition) is 1. The van der Waals surface area contributed by atoms with Gasteiger partial charge in [-0.2, -0.15) is 10.5 Å². The molecule has 0 unspecified atom stereocenters. The Balaban J connectivity index is 1.53. The van der Waals surface area contributed by atoms with Gasteiger partial charge in [0.2, 0.25) is 0 Å². The van der Waals surface area contributed by atoms with Crippen molar-refractivity contribution < 1.29 is 14.3 Å². The van der Waals surface area contributed by atoms with Crippen molar-refractivity contribution in [2.24, 2.45) is 0 Å². The number of carbonyl (C=O) groups excluding carboxylic acids is 1. The smallest absolute Gasteiger partial charge is 0.266 e. The van der Waals surface area contributed by atoms with Crippen LogP contribution in [0.4, 0.5) is 5.00 Å². The van der Waals surface area contributed by atoms with Gasteiger partial charge in [0.1, 0.15) is 29.3 Å². The summed E-state index contributed by atoms with van der Waals surface area (Å²) in [6.45, 7) is 6.62. The highest BCUT2D eigenvalue weighted by atomic mass is 32.1. The molecular formula is C30H29N3O3S. The van der Waals surface area contributed by atoms with Crippen molar-refractivity contribution in [1.82, 2.24) is 0 Å². The van der Waals surface area contributed by atoms with E-state index in [0.29, 0.717) is 34.2 Å². The molecule has 1 aromatic heterocycles. The monoisotopic (exact) mass is 511 g/mol. The van der Waals surface area contributed by atoms with E-state index < -0.39 is 5.91 Å². The number of amides is 1. The van der Waals surface area contributed by atoms with Crippen LogP contribution in [0.25, 0.3) is 6.08 Å². The lowest BCUT2D eigenvalue weighted by atomic mass is 9.96. The van der Waals surface area contributed by atoms with E-state index in [1.165, 1.54) is 34.1 Å². The fourth-order valence-corrected chi connectivity index (χ4v) is 5.97. The number of anilines is 1. The number of nitriles is 2. The molecule has 1 N–H and O–H groups in total. The topological polar surface area (TPSA) is 95.1 Å². The Hall–Kier alpha value is -4.07. The van der Waals surface area contributed by atoms with Gasteiger partial charge in [-0.3, -0.25) is 4.79 Å². The van der Waals surface area contributed by atoms with Crippen LogP contribution in [0.15, 0.2) is 35.9 Å². The Morgan fingerprint density at radius 1 is 1.08 bits per heavy atom. The highest BCUT2D eigenvalue weighted by molar-refractivity contribution is 7.16. The molecule has 1 heterocycles. The quantitative estimate of drug-likeness (QED) is 0.286. The Bertz CT molecular complexity index is 1450. The molecule has 4 rings (SSSR count). The second-order valence-electron chi connectivity index (χ2n) is 9.23. The number of aryl methyl sites for hydroxylation is 4. The van der Waals surface area contributed by atoms with Crippen LogP contribution in [0, 0.1) is 43.4 Å². The fraction of sp³-hybridized carbons (Fsp3) is 0.300. The summed E-state index contributed by atoms with van der Waals surface area (Å²) in [4.78, 5) is 14.1. The van der Waals surface area contributed by atoms with E-state index in [1.54, 1.807) is 25.3 Å². The molecule has 0 fully saturated rings. The summed E-state index contributed by atoms with van der Waals surface area (Å²) < 4.78 is 11.6. The molecule has 7 heteroatoms. The molecule has 0 radical (unpaired) electrons. The van der Waals surface area contributed by atoms with Gasteiger partial charge in [0.15, 0.2) is 11.5 Å². The number of fused-ring (bicyclic) bond motifs is 1. The molecule has 1 aliphatic rings. The lowest BCUT2D eigenvalue weighted by molar-refractivity contribution is -0.112. The lowest BCUT2D eigenvalue weighted by Gasteiger charge is -2.15. The zero-order chi connectivity index (χ0) is 26.5. The summed E-state index contributed by atoms with van der Waals surface area (Å²) in [5.41, 5.74) is 6.82. The van der Waals surface area contributed by atoms with Gasteiger partial charge in [0, 0.05) is 4.88 Å². The maximum absolute atomic E-state index is 12.9. The van der Waals surface area contributed by atoms with Crippen molar-refractivity contribution in [3.05, 3.63) is 79.7 Å². The number of benzene rings is 2. The van der Waals surface area contributed by atoms with E-state index >= 15 is 0 Å². The van der Waals surface area contributed by atoms with Gasteiger partial charge in [-0.1, -0.05) is 23.8 Å². The third-order valence-electron chi connectivity index (χ3n) is 6.59. The van der Waals surface area contributed by atoms with Gasteiger partial charge in [0.05, 0.1) is 12.7 Å². The van der Waals surface area contributed by atoms with Crippen molar-refractivity contribution in [1.29, 1.82) is 10.5 Å². The van der Waals surface area contributed by atoms with Crippen molar-refractivity contribution in [3.8, 4) is 23.6 Å². The summed E-state index contributed by atoms with van der Waals surface area (Å²) in [5.74, 6) is 0.540. The van der Waals surface area contributed by atoms with Crippen LogP contribution in [0.2, 0.25) is 0 Å². The standard InChI is InChI=1S/C30H29N3O3S/c1-18-11-19(2)25(20(3)12-18)17-36-26-10-9-21(14-27(26)35-4)13-22(15-31)29(34)33-30-24(16-32)23-7-5-6-8-28(23)37-30/h9-14H,5-8,17H2,1-4H3,(H,33,34). The minimum atomic E-state index is -0.540. The second kappa shape index (κ2) is 11.3. The minimum Gasteiger partial charge on any atom is -0.493 e. The zero-order valence-corrected chi connectivity index (χ0v) is 22.3. The number of rotatable bonds is 7. The molecule has 188 valence electrons. The molecule has 0 saturated heterocycles. The molecular weight excluding hydrogens is 482 g/mol. The maximum Gasteiger partial charge on any atom is 0.266 e. The number of nitrogens with zero attached hydrogens (tertiary/aromatic N) is 2. The van der Waals surface area contributed by atoms with Crippen LogP contribution in [-0.2, 0) is 24.2 Å². The van der Waals surface area contributed by atoms with Gasteiger partial charge >= 0.3 is 0 Å². The Morgan fingerprint density at radius 2 is 1.81 bits per heavy atom. The minimum absolute atomic E-state index is 0.0584. The van der Waals surface area contributed by atoms with Crippen molar-refractivity contribution in [3.63, 3.8) is 0 Å². The van der Waals surface area contributed by atoms with E-state index in [-0.39, 0.29) is 5.57 Å². The first-order chi connectivity index (χ1) is 17.8. The lowest BCUT2D eigenvalue weighted by Crippen LogP contribution is -2.13. The molecule has 0 aliphatic heterocycles. The molecule has 0 bridgehead atoms. The molecule has 37 heavy (non-hydrogen) atoms. The number of hydrogen-bond acceptors (Lipinski definition) is 6. The summed E-state index contributed by atoms with van der Waals surface area (Å²) >= 11 is 1.44. The second-order valence-corrected chi connectivity index (χ2v) is 10.3. The Labute approximate surface area is 221 Å². The predicted molar refractivity (Wildman–Crippen MR) is 146 cm³/mol. The number of nitrogens with one attached hydrogen (secondary N) is 1. The van der Waals surface area contributed by atoms with Gasteiger partial charge in [0.25, 0.3) is 5.91 Å². The summed E-state index contributed by atoms with van der Waals surface area (Å²) in [6, 6.07) is 13.8. The molecule has 6 nitrogen and oxygen atoms in total. The number of ether oxygens (including phenoxy) is 2. The normalized spacial score (nSPS) is 12.8. The summed E-state index contributed by atoms with van der Waals surface area (Å²) in [5, 5.41) is 22.7. The number of thiophene rings is 1. The van der Waals surface area contributed by atoms with Gasteiger partial charge < -0.3 is 14.8 Å². The largest absolute Gasteiger partial charge is 0.493 e. The molecule has 0 spiro atoms. The van der Waals surface area contributed by atoms with Crippen LogP contribution in [0.3, 0.4) is 0 Å². The zero-order valence-electron chi connectivity index (χ0n) is 21.5. The molecule has 2 aromatic carbocycles. The van der Waals surface area contributed by atoms with Crippen LogP contribution < -0.4 is 14.8 Å². The van der Waals surface area contributed by atoms with Gasteiger partial charge in [-0.25, -0.2) is 0 Å². The van der Waals surface area contributed by atoms with Crippen LogP contribution >= 0.6 is 11.3 Å². The van der Waals surface area contributed by atoms with E-state index in [4.69, 9.17) is 9.47 Å². The Kier molecular flexibility index (Phi) is 7.96. The van der Waals surface area contributed by atoms with E-state index in [1.807, 2.05) is 6.07 Å². The molecule has 1 amide bonds. The third kappa shape index (κ3) is 5.69. The first-order valence-electron chi connectivity index (χ1n) is 12.2. The van der Waals surface area contributed by atoms with Crippen molar-refractivity contribution in [2.75, 3.05) is 12.4 Å². The number of methoxy groups -OCH3 is 1. The van der Waals surface area contributed by atoms with Crippen molar-refractivity contribution >= 4 is 28.3 Å². The molecule has 0 saturated carbocycles.